The van der Waals surface area contributed by atoms with Gasteiger partial charge < -0.3 is 20.1 Å². The van der Waals surface area contributed by atoms with E-state index in [4.69, 9.17) is 0 Å². The fourth-order valence-electron chi connectivity index (χ4n) is 3.89. The van der Waals surface area contributed by atoms with E-state index in [-0.39, 0.29) is 43.1 Å². The number of carbonyl (C=O) groups is 2. The van der Waals surface area contributed by atoms with Crippen molar-refractivity contribution in [1.82, 2.24) is 35.3 Å². The summed E-state index contributed by atoms with van der Waals surface area (Å²) in [5.41, 5.74) is -0.152. The summed E-state index contributed by atoms with van der Waals surface area (Å²) >= 11 is 0. The van der Waals surface area contributed by atoms with Gasteiger partial charge in [0.1, 0.15) is 23.5 Å². The average Bonchev–Trinajstić information content (AvgIpc) is 3.60. The number of anilines is 1. The number of aryl methyl sites for hydroxylation is 1. The topological polar surface area (TPSA) is 138 Å². The van der Waals surface area contributed by atoms with Gasteiger partial charge in [0.15, 0.2) is 11.5 Å². The van der Waals surface area contributed by atoms with E-state index in [9.17, 15) is 44.7 Å². The smallest absolute Gasteiger partial charge is 0.406 e. The molecule has 0 spiro atoms. The summed E-state index contributed by atoms with van der Waals surface area (Å²) in [6.07, 6.45) is -9.68. The van der Waals surface area contributed by atoms with Crippen molar-refractivity contribution in [2.24, 2.45) is 0 Å². The molecule has 2 heterocycles. The van der Waals surface area contributed by atoms with E-state index in [1.807, 2.05) is 0 Å². The molecule has 2 aromatic heterocycles. The van der Waals surface area contributed by atoms with Crippen LogP contribution in [0.2, 0.25) is 0 Å². The molecule has 0 saturated heterocycles. The zero-order valence-electron chi connectivity index (χ0n) is 23.1. The highest BCUT2D eigenvalue weighted by molar-refractivity contribution is 5.92. The van der Waals surface area contributed by atoms with Crippen molar-refractivity contribution in [2.75, 3.05) is 5.32 Å². The van der Waals surface area contributed by atoms with Crippen molar-refractivity contribution in [3.63, 3.8) is 0 Å². The van der Waals surface area contributed by atoms with Gasteiger partial charge in [-0.05, 0) is 35.9 Å². The third-order valence-electron chi connectivity index (χ3n) is 5.82. The Kier molecular flexibility index (Phi) is 10.4. The van der Waals surface area contributed by atoms with Crippen LogP contribution in [0.4, 0.5) is 40.9 Å². The molecule has 2 aromatic carbocycles. The first-order valence-electron chi connectivity index (χ1n) is 13.0. The molecule has 246 valence electrons. The maximum atomic E-state index is 14.6. The number of nitrogens with one attached hydrogen (secondary N) is 2. The summed E-state index contributed by atoms with van der Waals surface area (Å²) in [5, 5.41) is 19.6. The summed E-state index contributed by atoms with van der Waals surface area (Å²) in [4.78, 5) is 24.6. The van der Waals surface area contributed by atoms with E-state index in [0.29, 0.717) is 5.56 Å². The van der Waals surface area contributed by atoms with Crippen LogP contribution in [0.15, 0.2) is 54.9 Å². The molecule has 20 heteroatoms. The van der Waals surface area contributed by atoms with Crippen LogP contribution < -0.4 is 20.1 Å². The number of halogens is 8. The molecule has 2 amide bonds. The summed E-state index contributed by atoms with van der Waals surface area (Å²) in [5.74, 6) is -3.71. The van der Waals surface area contributed by atoms with E-state index < -0.39 is 54.4 Å². The molecule has 0 bridgehead atoms. The van der Waals surface area contributed by atoms with Crippen LogP contribution in [0, 0.1) is 5.82 Å². The quantitative estimate of drug-likeness (QED) is 0.202. The Balaban J connectivity index is 1.21. The first kappa shape index (κ1) is 33.6. The Hall–Kier alpha value is -5.30. The lowest BCUT2D eigenvalue weighted by Gasteiger charge is -2.10. The molecule has 0 saturated carbocycles. The van der Waals surface area contributed by atoms with E-state index in [2.05, 4.69) is 40.7 Å². The van der Waals surface area contributed by atoms with Crippen LogP contribution in [0.3, 0.4) is 0 Å². The normalized spacial score (nSPS) is 12.4. The molecular formula is C26H22F8N8O4. The van der Waals surface area contributed by atoms with Crippen LogP contribution in [0.25, 0.3) is 0 Å². The number of hydrogen-bond donors (Lipinski definition) is 2. The third-order valence-corrected chi connectivity index (χ3v) is 5.82. The second-order valence-corrected chi connectivity index (χ2v) is 9.48. The number of nitrogens with zero attached hydrogens (tertiary/aromatic N) is 6. The van der Waals surface area contributed by atoms with E-state index in [0.717, 1.165) is 35.0 Å². The van der Waals surface area contributed by atoms with Gasteiger partial charge in [-0.3, -0.25) is 14.3 Å². The van der Waals surface area contributed by atoms with Gasteiger partial charge in [-0.25, -0.2) is 13.5 Å². The number of rotatable bonds is 13. The summed E-state index contributed by atoms with van der Waals surface area (Å²) in [7, 11) is 0. The lowest BCUT2D eigenvalue weighted by atomic mass is 10.1. The zero-order valence-corrected chi connectivity index (χ0v) is 23.1. The van der Waals surface area contributed by atoms with Gasteiger partial charge in [0.2, 0.25) is 5.91 Å². The van der Waals surface area contributed by atoms with Gasteiger partial charge in [0.05, 0.1) is 25.4 Å². The molecule has 1 atom stereocenters. The lowest BCUT2D eigenvalue weighted by molar-refractivity contribution is -0.275. The second-order valence-electron chi connectivity index (χ2n) is 9.48. The number of aromatic nitrogens is 6. The predicted octanol–water partition coefficient (Wildman–Crippen LogP) is 4.35. The van der Waals surface area contributed by atoms with Gasteiger partial charge in [0.25, 0.3) is 5.91 Å². The number of carbonyl (C=O) groups excluding carboxylic acids is 2. The number of alkyl halides is 7. The first-order chi connectivity index (χ1) is 21.6. The highest BCUT2D eigenvalue weighted by Gasteiger charge is 2.32. The minimum absolute atomic E-state index is 0.000750. The molecule has 0 aliphatic rings. The van der Waals surface area contributed by atoms with Gasteiger partial charge >= 0.3 is 12.7 Å². The summed E-state index contributed by atoms with van der Waals surface area (Å²) < 4.78 is 113. The molecule has 1 unspecified atom stereocenters. The molecule has 0 aliphatic carbocycles. The lowest BCUT2D eigenvalue weighted by Crippen LogP contribution is -2.23. The van der Waals surface area contributed by atoms with Gasteiger partial charge in [0, 0.05) is 25.1 Å². The monoisotopic (exact) mass is 662 g/mol. The van der Waals surface area contributed by atoms with Gasteiger partial charge in [-0.2, -0.15) is 0 Å². The van der Waals surface area contributed by atoms with Crippen molar-refractivity contribution < 1.29 is 54.2 Å². The number of ether oxygens (including phenoxy) is 2. The Morgan fingerprint density at radius 3 is 2.30 bits per heavy atom. The van der Waals surface area contributed by atoms with Crippen molar-refractivity contribution in [3.8, 4) is 11.5 Å². The minimum atomic E-state index is -5.00. The molecule has 46 heavy (non-hydrogen) atoms. The first-order valence-corrected chi connectivity index (χ1v) is 13.0. The summed E-state index contributed by atoms with van der Waals surface area (Å²) in [6, 6.07) is 7.25. The second kappa shape index (κ2) is 14.2. The molecule has 0 radical (unpaired) electrons. The fraction of sp³-hybridized carbons (Fsp3) is 0.308. The van der Waals surface area contributed by atoms with E-state index >= 15 is 0 Å². The molecule has 0 fully saturated rings. The molecule has 12 nitrogen and oxygen atoms in total. The van der Waals surface area contributed by atoms with E-state index in [1.165, 1.54) is 29.2 Å². The number of amides is 2. The number of benzene rings is 2. The van der Waals surface area contributed by atoms with Crippen LogP contribution in [-0.4, -0.2) is 60.7 Å². The van der Waals surface area contributed by atoms with Gasteiger partial charge in [-0.1, -0.05) is 22.6 Å². The predicted molar refractivity (Wildman–Crippen MR) is 139 cm³/mol. The average molecular weight is 662 g/mol. The van der Waals surface area contributed by atoms with Crippen molar-refractivity contribution >= 4 is 17.6 Å². The highest BCUT2D eigenvalue weighted by atomic mass is 19.4. The molecular weight excluding hydrogens is 640 g/mol. The van der Waals surface area contributed by atoms with Gasteiger partial charge in [-0.15, -0.1) is 36.5 Å². The Labute approximate surface area is 253 Å². The van der Waals surface area contributed by atoms with Crippen LogP contribution in [-0.2, 0) is 30.8 Å². The maximum Gasteiger partial charge on any atom is 0.573 e. The van der Waals surface area contributed by atoms with Crippen molar-refractivity contribution in [1.29, 1.82) is 0 Å². The maximum absolute atomic E-state index is 14.6. The number of hydrogen-bond acceptors (Lipinski definition) is 8. The van der Waals surface area contributed by atoms with Crippen LogP contribution in [0.1, 0.15) is 28.0 Å². The zero-order chi connectivity index (χ0) is 33.5. The van der Waals surface area contributed by atoms with Crippen molar-refractivity contribution in [3.05, 3.63) is 77.5 Å². The minimum Gasteiger partial charge on any atom is -0.406 e. The highest BCUT2D eigenvalue weighted by Crippen LogP contribution is 2.25. The standard InChI is InChI=1S/C26H22F8N8O4/c27-17(6-7-41-13-21(37-39-41)24(44)35-11-15-2-1-3-18(8-15)45-25(29,30)31)12-42-14-22(38-40-42)36-23(43)10-16-9-19(4-5-20(16)28)46-26(32,33)34/h1-5,8-9,13-14,17H,6-7,10-12H2,(H,35,44)(H,36,43). The SMILES string of the molecule is O=C(Cc1cc(OC(F)(F)F)ccc1F)Nc1cn(CC(F)CCn2cc(C(=O)NCc3cccc(OC(F)(F)F)c3)nn2)nn1. The Morgan fingerprint density at radius 2 is 1.59 bits per heavy atom. The third kappa shape index (κ3) is 10.7. The molecule has 4 rings (SSSR count). The van der Waals surface area contributed by atoms with Crippen LogP contribution in [0.5, 0.6) is 11.5 Å². The van der Waals surface area contributed by atoms with Crippen LogP contribution >= 0.6 is 0 Å². The molecule has 4 aromatic rings. The Bertz CT molecular complexity index is 1660. The molecule has 2 N–H and O–H groups in total. The molecule has 0 aliphatic heterocycles. The van der Waals surface area contributed by atoms with E-state index in [1.54, 1.807) is 0 Å². The fourth-order valence-corrected chi connectivity index (χ4v) is 3.89. The largest absolute Gasteiger partial charge is 0.573 e. The Morgan fingerprint density at radius 1 is 0.891 bits per heavy atom. The summed E-state index contributed by atoms with van der Waals surface area (Å²) in [6.45, 7) is -0.429. The van der Waals surface area contributed by atoms with Crippen molar-refractivity contribution in [2.45, 2.75) is 51.4 Å².